The van der Waals surface area contributed by atoms with Gasteiger partial charge in [-0.3, -0.25) is 19.5 Å². The van der Waals surface area contributed by atoms with E-state index in [2.05, 4.69) is 32.1 Å². The number of hydrogen-bond acceptors (Lipinski definition) is 4. The molecule has 0 bridgehead atoms. The van der Waals surface area contributed by atoms with Gasteiger partial charge in [-0.25, -0.2) is 0 Å². The number of rotatable bonds is 4. The van der Waals surface area contributed by atoms with E-state index in [0.29, 0.717) is 0 Å². The summed E-state index contributed by atoms with van der Waals surface area (Å²) in [6.07, 6.45) is 7.95. The molecule has 116 valence electrons. The van der Waals surface area contributed by atoms with E-state index in [4.69, 9.17) is 0 Å². The Bertz CT molecular complexity index is 609. The maximum atomic E-state index is 4.27. The number of nitrogens with zero attached hydrogens (tertiary/aromatic N) is 5. The smallest absolute Gasteiger partial charge is 0.0534 e. The Morgan fingerprint density at radius 1 is 1.00 bits per heavy atom. The monoisotopic (exact) mass is 297 g/mol. The third-order valence-corrected chi connectivity index (χ3v) is 4.93. The lowest BCUT2D eigenvalue weighted by Crippen LogP contribution is -2.28. The normalized spacial score (nSPS) is 25.7. The van der Waals surface area contributed by atoms with Crippen LogP contribution < -0.4 is 0 Å². The first-order valence-corrected chi connectivity index (χ1v) is 8.07. The molecule has 0 radical (unpaired) electrons. The highest BCUT2D eigenvalue weighted by Gasteiger charge is 2.39. The van der Waals surface area contributed by atoms with Crippen LogP contribution in [0.25, 0.3) is 0 Å². The number of fused-ring (bicyclic) bond motifs is 1. The number of hydrogen-bond donors (Lipinski definition) is 0. The first-order valence-electron chi connectivity index (χ1n) is 8.07. The van der Waals surface area contributed by atoms with Crippen molar-refractivity contribution in [3.05, 3.63) is 48.0 Å². The van der Waals surface area contributed by atoms with Crippen LogP contribution >= 0.6 is 0 Å². The number of likely N-dealkylation sites (tertiary alicyclic amines) is 2. The molecule has 2 fully saturated rings. The summed E-state index contributed by atoms with van der Waals surface area (Å²) >= 11 is 0. The molecule has 5 nitrogen and oxygen atoms in total. The third kappa shape index (κ3) is 2.91. The van der Waals surface area contributed by atoms with Crippen LogP contribution in [0.3, 0.4) is 0 Å². The standard InChI is InChI=1S/C17H23N5/c1-20-7-15(6-19-20)9-22-12-16-10-21(11-17(16)13-22)8-14-3-2-4-18-5-14/h2-7,16-17H,8-13H2,1H3/t16-,17+. The largest absolute Gasteiger partial charge is 0.298 e. The maximum absolute atomic E-state index is 4.27. The van der Waals surface area contributed by atoms with Crippen LogP contribution in [0.2, 0.25) is 0 Å². The fourth-order valence-electron chi connectivity index (χ4n) is 4.01. The van der Waals surface area contributed by atoms with Gasteiger partial charge >= 0.3 is 0 Å². The van der Waals surface area contributed by atoms with E-state index in [1.54, 1.807) is 0 Å². The molecule has 2 aliphatic rings. The summed E-state index contributed by atoms with van der Waals surface area (Å²) in [5.41, 5.74) is 2.66. The van der Waals surface area contributed by atoms with Crippen molar-refractivity contribution in [1.29, 1.82) is 0 Å². The Morgan fingerprint density at radius 3 is 2.23 bits per heavy atom. The van der Waals surface area contributed by atoms with Crippen molar-refractivity contribution < 1.29 is 0 Å². The average Bonchev–Trinajstić information content (AvgIpc) is 3.16. The Labute approximate surface area is 131 Å². The minimum atomic E-state index is 0.827. The summed E-state index contributed by atoms with van der Waals surface area (Å²) in [4.78, 5) is 9.40. The highest BCUT2D eigenvalue weighted by Crippen LogP contribution is 2.32. The highest BCUT2D eigenvalue weighted by molar-refractivity contribution is 5.09. The molecule has 4 rings (SSSR count). The Kier molecular flexibility index (Phi) is 3.68. The van der Waals surface area contributed by atoms with Crippen LogP contribution in [-0.2, 0) is 20.1 Å². The van der Waals surface area contributed by atoms with E-state index < -0.39 is 0 Å². The second kappa shape index (κ2) is 5.82. The zero-order valence-electron chi connectivity index (χ0n) is 13.1. The summed E-state index contributed by atoms with van der Waals surface area (Å²) in [7, 11) is 1.98. The molecular weight excluding hydrogens is 274 g/mol. The fourth-order valence-corrected chi connectivity index (χ4v) is 4.01. The molecule has 0 amide bonds. The fraction of sp³-hybridized carbons (Fsp3) is 0.529. The molecule has 0 aromatic carbocycles. The van der Waals surface area contributed by atoms with Gasteiger partial charge in [-0.1, -0.05) is 6.07 Å². The Morgan fingerprint density at radius 2 is 1.68 bits per heavy atom. The number of pyridine rings is 1. The van der Waals surface area contributed by atoms with Crippen LogP contribution in [-0.4, -0.2) is 50.7 Å². The van der Waals surface area contributed by atoms with E-state index in [0.717, 1.165) is 24.9 Å². The van der Waals surface area contributed by atoms with Gasteiger partial charge in [0.2, 0.25) is 0 Å². The zero-order valence-corrected chi connectivity index (χ0v) is 13.1. The first-order chi connectivity index (χ1) is 10.8. The molecule has 2 aliphatic heterocycles. The molecule has 5 heteroatoms. The van der Waals surface area contributed by atoms with Crippen molar-refractivity contribution in [1.82, 2.24) is 24.6 Å². The minimum Gasteiger partial charge on any atom is -0.298 e. The van der Waals surface area contributed by atoms with E-state index in [1.165, 1.54) is 37.3 Å². The lowest BCUT2D eigenvalue weighted by Gasteiger charge is -2.20. The minimum absolute atomic E-state index is 0.827. The molecule has 4 heterocycles. The van der Waals surface area contributed by atoms with Crippen LogP contribution in [0.4, 0.5) is 0 Å². The van der Waals surface area contributed by atoms with Crippen LogP contribution in [0, 0.1) is 11.8 Å². The quantitative estimate of drug-likeness (QED) is 0.854. The predicted octanol–water partition coefficient (Wildman–Crippen LogP) is 1.38. The van der Waals surface area contributed by atoms with Gasteiger partial charge in [0.1, 0.15) is 0 Å². The molecule has 0 aliphatic carbocycles. The van der Waals surface area contributed by atoms with E-state index in [1.807, 2.05) is 36.4 Å². The number of aromatic nitrogens is 3. The van der Waals surface area contributed by atoms with Crippen molar-refractivity contribution in [3.8, 4) is 0 Å². The van der Waals surface area contributed by atoms with Crippen molar-refractivity contribution >= 4 is 0 Å². The number of aryl methyl sites for hydroxylation is 1. The van der Waals surface area contributed by atoms with Crippen molar-refractivity contribution in [2.24, 2.45) is 18.9 Å². The predicted molar refractivity (Wildman–Crippen MR) is 85.0 cm³/mol. The molecule has 2 atom stereocenters. The average molecular weight is 297 g/mol. The summed E-state index contributed by atoms with van der Waals surface area (Å²) < 4.78 is 1.89. The summed E-state index contributed by atoms with van der Waals surface area (Å²) in [5, 5.41) is 4.27. The van der Waals surface area contributed by atoms with Crippen molar-refractivity contribution in [3.63, 3.8) is 0 Å². The highest BCUT2D eigenvalue weighted by atomic mass is 15.3. The summed E-state index contributed by atoms with van der Waals surface area (Å²) in [5.74, 6) is 1.65. The van der Waals surface area contributed by atoms with Gasteiger partial charge in [0, 0.05) is 70.5 Å². The molecular formula is C17H23N5. The van der Waals surface area contributed by atoms with Crippen molar-refractivity contribution in [2.45, 2.75) is 13.1 Å². The van der Waals surface area contributed by atoms with Gasteiger partial charge in [0.15, 0.2) is 0 Å². The summed E-state index contributed by atoms with van der Waals surface area (Å²) in [6, 6.07) is 4.21. The van der Waals surface area contributed by atoms with Gasteiger partial charge in [-0.2, -0.15) is 5.10 Å². The second-order valence-electron chi connectivity index (χ2n) is 6.79. The van der Waals surface area contributed by atoms with Gasteiger partial charge < -0.3 is 0 Å². The zero-order chi connectivity index (χ0) is 14.9. The van der Waals surface area contributed by atoms with Gasteiger partial charge in [-0.05, 0) is 23.5 Å². The molecule has 0 unspecified atom stereocenters. The molecule has 2 saturated heterocycles. The summed E-state index contributed by atoms with van der Waals surface area (Å²) in [6.45, 7) is 6.99. The third-order valence-electron chi connectivity index (χ3n) is 4.93. The topological polar surface area (TPSA) is 37.2 Å². The molecule has 0 spiro atoms. The SMILES string of the molecule is Cn1cc(CN2C[C@H]3CN(Cc4cccnc4)C[C@H]3C2)cn1. The van der Waals surface area contributed by atoms with Crippen LogP contribution in [0.5, 0.6) is 0 Å². The first kappa shape index (κ1) is 13.9. The lowest BCUT2D eigenvalue weighted by atomic mass is 10.0. The molecule has 2 aromatic rings. The maximum Gasteiger partial charge on any atom is 0.0534 e. The van der Waals surface area contributed by atoms with Crippen molar-refractivity contribution in [2.75, 3.05) is 26.2 Å². The van der Waals surface area contributed by atoms with Gasteiger partial charge in [0.25, 0.3) is 0 Å². The Balaban J connectivity index is 1.31. The van der Waals surface area contributed by atoms with Crippen LogP contribution in [0.15, 0.2) is 36.9 Å². The van der Waals surface area contributed by atoms with E-state index in [-0.39, 0.29) is 0 Å². The molecule has 0 saturated carbocycles. The lowest BCUT2D eigenvalue weighted by molar-refractivity contribution is 0.246. The Hall–Kier alpha value is -1.72. The van der Waals surface area contributed by atoms with E-state index in [9.17, 15) is 0 Å². The second-order valence-corrected chi connectivity index (χ2v) is 6.79. The van der Waals surface area contributed by atoms with E-state index >= 15 is 0 Å². The molecule has 2 aromatic heterocycles. The molecule has 22 heavy (non-hydrogen) atoms. The van der Waals surface area contributed by atoms with Gasteiger partial charge in [0.05, 0.1) is 6.20 Å². The molecule has 0 N–H and O–H groups in total. The van der Waals surface area contributed by atoms with Gasteiger partial charge in [-0.15, -0.1) is 0 Å². The van der Waals surface area contributed by atoms with Crippen LogP contribution in [0.1, 0.15) is 11.1 Å².